The molecule has 0 radical (unpaired) electrons. The summed E-state index contributed by atoms with van der Waals surface area (Å²) in [5, 5.41) is 10.8. The third kappa shape index (κ3) is 2.03. The van der Waals surface area contributed by atoms with Gasteiger partial charge in [-0.25, -0.2) is 0 Å². The van der Waals surface area contributed by atoms with Gasteiger partial charge in [0.1, 0.15) is 12.2 Å². The van der Waals surface area contributed by atoms with Crippen LogP contribution in [0.15, 0.2) is 54.6 Å². The van der Waals surface area contributed by atoms with Gasteiger partial charge in [0.2, 0.25) is 5.75 Å². The lowest BCUT2D eigenvalue weighted by molar-refractivity contribution is -0.103. The van der Waals surface area contributed by atoms with Gasteiger partial charge in [0.05, 0.1) is 0 Å². The Morgan fingerprint density at radius 3 is 2.82 bits per heavy atom. The van der Waals surface area contributed by atoms with Crippen LogP contribution in [0.5, 0.6) is 17.2 Å². The van der Waals surface area contributed by atoms with E-state index in [1.807, 2.05) is 42.5 Å². The second kappa shape index (κ2) is 5.75. The number of piperidine rings is 1. The molecule has 1 spiro atoms. The van der Waals surface area contributed by atoms with Crippen LogP contribution in [-0.2, 0) is 11.8 Å². The lowest BCUT2D eigenvalue weighted by Gasteiger charge is -2.56. The van der Waals surface area contributed by atoms with Crippen molar-refractivity contribution in [2.75, 3.05) is 13.6 Å². The van der Waals surface area contributed by atoms with Gasteiger partial charge in [-0.2, -0.15) is 0 Å². The molecule has 2 bridgehead atoms. The van der Waals surface area contributed by atoms with Gasteiger partial charge < -0.3 is 14.7 Å². The fourth-order valence-electron chi connectivity index (χ4n) is 5.86. The summed E-state index contributed by atoms with van der Waals surface area (Å²) in [7, 11) is 2.21. The molecule has 5 atom stereocenters. The summed E-state index contributed by atoms with van der Waals surface area (Å²) < 4.78 is 6.42. The predicted molar refractivity (Wildman–Crippen MR) is 104 cm³/mol. The Bertz CT molecular complexity index is 959. The van der Waals surface area contributed by atoms with Crippen molar-refractivity contribution in [1.82, 2.24) is 4.90 Å². The fraction of sp³-hybridized carbons (Fsp3) is 0.391. The topological polar surface area (TPSA) is 51.2 Å². The van der Waals surface area contributed by atoms with Crippen molar-refractivity contribution < 1.29 is 19.6 Å². The number of likely N-dealkylation sites (N-methyl/N-ethyl adjacent to an activating group) is 1. The molecule has 2 aliphatic carbocycles. The number of aliphatic hydroxyl groups is 1. The van der Waals surface area contributed by atoms with Crippen LogP contribution < -0.4 is 14.5 Å². The molecule has 2 heterocycles. The maximum Gasteiger partial charge on any atom is 0.220 e. The molecular formula is C23H23NO4. The number of ether oxygens (including phenoxy) is 1. The van der Waals surface area contributed by atoms with Crippen LogP contribution in [0.4, 0.5) is 0 Å². The second-order valence-corrected chi connectivity index (χ2v) is 8.39. The predicted octanol–water partition coefficient (Wildman–Crippen LogP) is 2.87. The summed E-state index contributed by atoms with van der Waals surface area (Å²) in [6.45, 7) is 1.01. The first kappa shape index (κ1) is 16.5. The number of benzene rings is 2. The van der Waals surface area contributed by atoms with Gasteiger partial charge in [0.25, 0.3) is 0 Å². The zero-order chi connectivity index (χ0) is 18.9. The summed E-state index contributed by atoms with van der Waals surface area (Å²) >= 11 is 0. The Hall–Kier alpha value is -2.50. The molecule has 5 heteroatoms. The van der Waals surface area contributed by atoms with Gasteiger partial charge in [-0.05, 0) is 50.2 Å². The van der Waals surface area contributed by atoms with Crippen molar-refractivity contribution in [3.8, 4) is 17.2 Å². The lowest BCUT2D eigenvalue weighted by Crippen LogP contribution is -2.64. The maximum absolute atomic E-state index is 10.8. The van der Waals surface area contributed by atoms with Crippen LogP contribution in [0.1, 0.15) is 17.5 Å². The number of rotatable bonds is 3. The van der Waals surface area contributed by atoms with Gasteiger partial charge in [0, 0.05) is 22.9 Å². The van der Waals surface area contributed by atoms with E-state index in [1.165, 1.54) is 11.1 Å². The first-order chi connectivity index (χ1) is 13.7. The summed E-state index contributed by atoms with van der Waals surface area (Å²) in [4.78, 5) is 13.7. The number of para-hydroxylation sites is 1. The zero-order valence-electron chi connectivity index (χ0n) is 15.7. The van der Waals surface area contributed by atoms with Crippen LogP contribution in [0.2, 0.25) is 0 Å². The number of likely N-dealkylation sites (tertiary alicyclic amines) is 1. The maximum atomic E-state index is 10.8. The van der Waals surface area contributed by atoms with Crippen LogP contribution in [-0.4, -0.2) is 41.8 Å². The third-order valence-electron chi connectivity index (χ3n) is 7.11. The van der Waals surface area contributed by atoms with Crippen LogP contribution in [0.25, 0.3) is 0 Å². The number of aliphatic hydroxyl groups excluding tert-OH is 1. The highest BCUT2D eigenvalue weighted by Crippen LogP contribution is 2.62. The average Bonchev–Trinajstić information content (AvgIpc) is 3.07. The molecule has 1 N–H and O–H groups in total. The van der Waals surface area contributed by atoms with Crippen molar-refractivity contribution in [3.05, 3.63) is 65.7 Å². The van der Waals surface area contributed by atoms with E-state index < -0.39 is 6.10 Å². The summed E-state index contributed by atoms with van der Waals surface area (Å²) in [5.74, 6) is 2.31. The Morgan fingerprint density at radius 2 is 1.96 bits per heavy atom. The highest BCUT2D eigenvalue weighted by molar-refractivity contribution is 5.62. The molecule has 6 rings (SSSR count). The van der Waals surface area contributed by atoms with Gasteiger partial charge in [-0.3, -0.25) is 9.78 Å². The second-order valence-electron chi connectivity index (χ2n) is 8.39. The highest BCUT2D eigenvalue weighted by atomic mass is 17.2. The van der Waals surface area contributed by atoms with Crippen molar-refractivity contribution in [1.29, 1.82) is 0 Å². The Kier molecular flexibility index (Phi) is 3.38. The quantitative estimate of drug-likeness (QED) is 0.506. The first-order valence-electron chi connectivity index (χ1n) is 9.98. The molecule has 0 unspecified atom stereocenters. The summed E-state index contributed by atoms with van der Waals surface area (Å²) in [5.41, 5.74) is 2.35. The van der Waals surface area contributed by atoms with Gasteiger partial charge >= 0.3 is 0 Å². The van der Waals surface area contributed by atoms with Crippen LogP contribution in [0.3, 0.4) is 0 Å². The number of hydrogen-bond donors (Lipinski definition) is 1. The van der Waals surface area contributed by atoms with E-state index in [-0.39, 0.29) is 11.5 Å². The molecule has 0 aromatic heterocycles. The Labute approximate surface area is 164 Å². The van der Waals surface area contributed by atoms with Crippen molar-refractivity contribution in [2.24, 2.45) is 5.92 Å². The standard InChI is InChI=1S/C23H23NO4/c1-24-12-11-23-16-8-9-18(25)22(23)26-21-19(28-27-15-5-3-2-4-6-15)10-7-14(20(21)23)13-17(16)24/h2-10,16-18,22,25H,11-13H2,1H3/t16-,17+,18-,22-,23-/m0/s1. The molecular weight excluding hydrogens is 354 g/mol. The van der Waals surface area contributed by atoms with Crippen LogP contribution >= 0.6 is 0 Å². The molecule has 4 aliphatic rings. The third-order valence-corrected chi connectivity index (χ3v) is 7.11. The molecule has 144 valence electrons. The summed E-state index contributed by atoms with van der Waals surface area (Å²) in [6, 6.07) is 14.0. The minimum atomic E-state index is -0.610. The van der Waals surface area contributed by atoms with Gasteiger partial charge in [-0.15, -0.1) is 0 Å². The van der Waals surface area contributed by atoms with E-state index >= 15 is 0 Å². The Balaban J connectivity index is 1.45. The molecule has 2 aromatic rings. The molecule has 5 nitrogen and oxygen atoms in total. The smallest absolute Gasteiger partial charge is 0.220 e. The van der Waals surface area contributed by atoms with E-state index in [0.29, 0.717) is 23.5 Å². The van der Waals surface area contributed by atoms with E-state index in [2.05, 4.69) is 24.1 Å². The molecule has 1 fully saturated rings. The van der Waals surface area contributed by atoms with E-state index in [1.54, 1.807) is 0 Å². The van der Waals surface area contributed by atoms with Crippen molar-refractivity contribution in [3.63, 3.8) is 0 Å². The number of nitrogens with zero attached hydrogens (tertiary/aromatic N) is 1. The van der Waals surface area contributed by atoms with E-state index in [0.717, 1.165) is 25.1 Å². The van der Waals surface area contributed by atoms with Gasteiger partial charge in [0.15, 0.2) is 11.5 Å². The van der Waals surface area contributed by atoms with Crippen LogP contribution in [0, 0.1) is 5.92 Å². The average molecular weight is 377 g/mol. The van der Waals surface area contributed by atoms with E-state index in [9.17, 15) is 5.11 Å². The van der Waals surface area contributed by atoms with Crippen molar-refractivity contribution >= 4 is 0 Å². The van der Waals surface area contributed by atoms with Gasteiger partial charge in [-0.1, -0.05) is 36.4 Å². The monoisotopic (exact) mass is 377 g/mol. The fourth-order valence-corrected chi connectivity index (χ4v) is 5.86. The minimum absolute atomic E-state index is 0.180. The lowest BCUT2D eigenvalue weighted by atomic mass is 9.53. The normalized spacial score (nSPS) is 34.5. The molecule has 2 aliphatic heterocycles. The SMILES string of the molecule is CN1CC[C@]23c4c5ccc(OOc6ccccc6)c4O[C@H]2[C@@H](O)C=C[C@H]3[C@H]1C5. The first-order valence-corrected chi connectivity index (χ1v) is 9.98. The largest absolute Gasteiger partial charge is 0.482 e. The number of hydrogen-bond acceptors (Lipinski definition) is 5. The molecule has 0 saturated carbocycles. The minimum Gasteiger partial charge on any atom is -0.482 e. The summed E-state index contributed by atoms with van der Waals surface area (Å²) in [6.07, 6.45) is 5.21. The van der Waals surface area contributed by atoms with Crippen molar-refractivity contribution in [2.45, 2.75) is 36.5 Å². The Morgan fingerprint density at radius 1 is 1.11 bits per heavy atom. The highest BCUT2D eigenvalue weighted by Gasteiger charge is 2.64. The molecule has 28 heavy (non-hydrogen) atoms. The zero-order valence-corrected chi connectivity index (χ0v) is 15.7. The van der Waals surface area contributed by atoms with E-state index in [4.69, 9.17) is 14.5 Å². The molecule has 1 saturated heterocycles. The molecule has 0 amide bonds. The molecule has 2 aromatic carbocycles.